The zero-order valence-corrected chi connectivity index (χ0v) is 28.8. The Hall–Kier alpha value is -3.62. The third-order valence-electron chi connectivity index (χ3n) is 8.68. The Morgan fingerprint density at radius 2 is 1.09 bits per heavy atom. The minimum absolute atomic E-state index is 0.272. The molecule has 47 heavy (non-hydrogen) atoms. The van der Waals surface area contributed by atoms with E-state index >= 15 is 0 Å². The lowest BCUT2D eigenvalue weighted by Crippen LogP contribution is -2.29. The van der Waals surface area contributed by atoms with Crippen LogP contribution >= 0.6 is 0 Å². The molecular weight excluding hydrogens is 591 g/mol. The second kappa shape index (κ2) is 20.6. The number of esters is 2. The fraction of sp³-hybridized carbons (Fsp3) is 0.487. The van der Waals surface area contributed by atoms with Crippen molar-refractivity contribution in [1.82, 2.24) is 0 Å². The molecule has 0 heterocycles. The number of carbonyl (C=O) groups excluding carboxylic acids is 2. The molecule has 254 valence electrons. The van der Waals surface area contributed by atoms with E-state index in [4.69, 9.17) is 14.2 Å². The topological polar surface area (TPSA) is 102 Å². The maximum absolute atomic E-state index is 12.9. The molecule has 0 spiro atoms. The summed E-state index contributed by atoms with van der Waals surface area (Å²) < 4.78 is 17.3. The predicted octanol–water partition coefficient (Wildman–Crippen LogP) is 8.59. The van der Waals surface area contributed by atoms with E-state index in [1.54, 1.807) is 51.1 Å². The summed E-state index contributed by atoms with van der Waals surface area (Å²) in [6.07, 6.45) is 18.5. The highest BCUT2D eigenvalue weighted by Gasteiger charge is 2.20. The van der Waals surface area contributed by atoms with Gasteiger partial charge in [0.1, 0.15) is 17.2 Å². The van der Waals surface area contributed by atoms with Crippen molar-refractivity contribution in [3.05, 3.63) is 82.4 Å². The van der Waals surface area contributed by atoms with Crippen LogP contribution in [0.1, 0.15) is 134 Å². The summed E-state index contributed by atoms with van der Waals surface area (Å²) in [5, 5.41) is 18.5. The Morgan fingerprint density at radius 3 is 1.60 bits per heavy atom. The van der Waals surface area contributed by atoms with Crippen LogP contribution in [0.2, 0.25) is 0 Å². The van der Waals surface area contributed by atoms with Crippen LogP contribution in [0.15, 0.2) is 54.6 Å². The first-order chi connectivity index (χ1) is 22.7. The Morgan fingerprint density at radius 1 is 0.617 bits per heavy atom. The van der Waals surface area contributed by atoms with Gasteiger partial charge in [0, 0.05) is 0 Å². The summed E-state index contributed by atoms with van der Waals surface area (Å²) in [6, 6.07) is 14.5. The molecule has 0 bridgehead atoms. The van der Waals surface area contributed by atoms with E-state index in [-0.39, 0.29) is 11.0 Å². The van der Waals surface area contributed by atoms with Crippen LogP contribution in [-0.4, -0.2) is 35.7 Å². The highest BCUT2D eigenvalue weighted by atomic mass is 16.5. The SMILES string of the molecule is CCCCCCCCCCCCCCCCOc1ccc(C(=O)Oc2cc(C)c(OC(=O)c3ccc(B(O)O)cc3)c(C)c2C)cc1. The van der Waals surface area contributed by atoms with E-state index in [0.717, 1.165) is 12.2 Å². The number of hydrogen-bond acceptors (Lipinski definition) is 7. The van der Waals surface area contributed by atoms with Crippen LogP contribution in [0.5, 0.6) is 17.2 Å². The molecule has 8 heteroatoms. The molecule has 0 radical (unpaired) electrons. The van der Waals surface area contributed by atoms with Gasteiger partial charge >= 0.3 is 19.1 Å². The molecule has 0 amide bonds. The fourth-order valence-corrected chi connectivity index (χ4v) is 5.56. The highest BCUT2D eigenvalue weighted by Crippen LogP contribution is 2.34. The minimum atomic E-state index is -1.61. The molecule has 0 aliphatic heterocycles. The van der Waals surface area contributed by atoms with Gasteiger partial charge in [0.25, 0.3) is 0 Å². The van der Waals surface area contributed by atoms with Crippen LogP contribution in [0.4, 0.5) is 0 Å². The van der Waals surface area contributed by atoms with Crippen molar-refractivity contribution in [2.45, 2.75) is 118 Å². The second-order valence-corrected chi connectivity index (χ2v) is 12.5. The first-order valence-electron chi connectivity index (χ1n) is 17.4. The zero-order valence-electron chi connectivity index (χ0n) is 28.8. The normalized spacial score (nSPS) is 10.9. The minimum Gasteiger partial charge on any atom is -0.494 e. The number of ether oxygens (including phenoxy) is 3. The molecule has 0 aliphatic carbocycles. The molecule has 3 aromatic carbocycles. The summed E-state index contributed by atoms with van der Waals surface area (Å²) in [4.78, 5) is 25.7. The third kappa shape index (κ3) is 12.8. The van der Waals surface area contributed by atoms with Gasteiger partial charge in [-0.2, -0.15) is 0 Å². The first-order valence-corrected chi connectivity index (χ1v) is 17.4. The number of rotatable bonds is 21. The first kappa shape index (κ1) is 37.8. The Labute approximate surface area is 281 Å². The smallest absolute Gasteiger partial charge is 0.488 e. The lowest BCUT2D eigenvalue weighted by atomic mass is 9.80. The fourth-order valence-electron chi connectivity index (χ4n) is 5.56. The Bertz CT molecular complexity index is 1380. The number of hydrogen-bond donors (Lipinski definition) is 2. The molecule has 2 N–H and O–H groups in total. The second-order valence-electron chi connectivity index (χ2n) is 12.5. The van der Waals surface area contributed by atoms with Crippen LogP contribution in [-0.2, 0) is 0 Å². The number of benzene rings is 3. The van der Waals surface area contributed by atoms with E-state index in [0.29, 0.717) is 40.4 Å². The summed E-state index contributed by atoms with van der Waals surface area (Å²) in [5.74, 6) is 0.447. The van der Waals surface area contributed by atoms with E-state index in [1.165, 1.54) is 108 Å². The monoisotopic (exact) mass is 644 g/mol. The average Bonchev–Trinajstić information content (AvgIpc) is 3.07. The Kier molecular flexibility index (Phi) is 16.6. The highest BCUT2D eigenvalue weighted by molar-refractivity contribution is 6.58. The van der Waals surface area contributed by atoms with Crippen molar-refractivity contribution >= 4 is 24.5 Å². The van der Waals surface area contributed by atoms with Gasteiger partial charge in [0.05, 0.1) is 17.7 Å². The van der Waals surface area contributed by atoms with E-state index in [1.807, 2.05) is 0 Å². The van der Waals surface area contributed by atoms with E-state index < -0.39 is 19.1 Å². The van der Waals surface area contributed by atoms with Crippen molar-refractivity contribution in [3.63, 3.8) is 0 Å². The maximum Gasteiger partial charge on any atom is 0.488 e. The van der Waals surface area contributed by atoms with Crippen molar-refractivity contribution in [2.24, 2.45) is 0 Å². The average molecular weight is 645 g/mol. The van der Waals surface area contributed by atoms with E-state index in [2.05, 4.69) is 6.92 Å². The lowest BCUT2D eigenvalue weighted by Gasteiger charge is -2.16. The van der Waals surface area contributed by atoms with Crippen molar-refractivity contribution in [3.8, 4) is 17.2 Å². The van der Waals surface area contributed by atoms with Gasteiger partial charge in [0.2, 0.25) is 0 Å². The molecule has 0 aromatic heterocycles. The zero-order chi connectivity index (χ0) is 34.0. The number of carbonyl (C=O) groups is 2. The molecule has 3 rings (SSSR count). The predicted molar refractivity (Wildman–Crippen MR) is 189 cm³/mol. The summed E-state index contributed by atoms with van der Waals surface area (Å²) >= 11 is 0. The van der Waals surface area contributed by atoms with Crippen molar-refractivity contribution < 1.29 is 33.8 Å². The van der Waals surface area contributed by atoms with Crippen LogP contribution in [0.3, 0.4) is 0 Å². The van der Waals surface area contributed by atoms with Crippen LogP contribution in [0, 0.1) is 20.8 Å². The molecule has 7 nitrogen and oxygen atoms in total. The third-order valence-corrected chi connectivity index (χ3v) is 8.68. The van der Waals surface area contributed by atoms with Gasteiger partial charge in [-0.3, -0.25) is 0 Å². The van der Waals surface area contributed by atoms with Gasteiger partial charge in [-0.15, -0.1) is 0 Å². The van der Waals surface area contributed by atoms with Crippen molar-refractivity contribution in [1.29, 1.82) is 0 Å². The Balaban J connectivity index is 1.37. The van der Waals surface area contributed by atoms with Crippen LogP contribution < -0.4 is 19.7 Å². The van der Waals surface area contributed by atoms with Gasteiger partial charge in [-0.25, -0.2) is 9.59 Å². The summed E-state index contributed by atoms with van der Waals surface area (Å²) in [6.45, 7) is 8.32. The molecule has 0 fully saturated rings. The van der Waals surface area contributed by atoms with Gasteiger partial charge in [0.15, 0.2) is 0 Å². The maximum atomic E-state index is 12.9. The molecule has 0 saturated heterocycles. The summed E-state index contributed by atoms with van der Waals surface area (Å²) in [5.41, 5.74) is 2.95. The molecule has 0 saturated carbocycles. The van der Waals surface area contributed by atoms with Gasteiger partial charge < -0.3 is 24.3 Å². The quantitative estimate of drug-likeness (QED) is 0.0518. The lowest BCUT2D eigenvalue weighted by molar-refractivity contribution is 0.0716. The number of unbranched alkanes of at least 4 members (excludes halogenated alkanes) is 13. The van der Waals surface area contributed by atoms with Crippen LogP contribution in [0.25, 0.3) is 0 Å². The standard InChI is InChI=1S/C39H53BO7/c1-5-6-7-8-9-10-11-12-13-14-15-16-17-18-27-45-35-25-21-33(22-26-35)38(41)46-36-28-29(2)37(31(4)30(36)3)47-39(42)32-19-23-34(24-20-32)40(43)44/h19-26,28,43-44H,5-18,27H2,1-4H3. The molecular formula is C39H53BO7. The molecule has 3 aromatic rings. The van der Waals surface area contributed by atoms with E-state index in [9.17, 15) is 19.6 Å². The molecule has 0 aliphatic rings. The van der Waals surface area contributed by atoms with Gasteiger partial charge in [-0.05, 0) is 91.8 Å². The van der Waals surface area contributed by atoms with Gasteiger partial charge in [-0.1, -0.05) is 103 Å². The largest absolute Gasteiger partial charge is 0.494 e. The number of aryl methyl sites for hydroxylation is 1. The van der Waals surface area contributed by atoms with Crippen molar-refractivity contribution in [2.75, 3.05) is 6.61 Å². The summed E-state index contributed by atoms with van der Waals surface area (Å²) in [7, 11) is -1.61. The molecule has 0 unspecified atom stereocenters. The molecule has 0 atom stereocenters.